The van der Waals surface area contributed by atoms with Gasteiger partial charge in [-0.15, -0.1) is 0 Å². The molecule has 0 aliphatic carbocycles. The van der Waals surface area contributed by atoms with Gasteiger partial charge in [-0.1, -0.05) is 6.92 Å². The maximum Gasteiger partial charge on any atom is 0.325 e. The fourth-order valence-electron chi connectivity index (χ4n) is 2.67. The molecular formula is C13H23N3O2. The molecule has 2 atom stereocenters. The Hall–Kier alpha value is -1.10. The van der Waals surface area contributed by atoms with Crippen LogP contribution in [0.5, 0.6) is 0 Å². The Labute approximate surface area is 108 Å². The first kappa shape index (κ1) is 13.3. The Bertz CT molecular complexity index is 339. The van der Waals surface area contributed by atoms with E-state index in [-0.39, 0.29) is 11.9 Å². The number of nitrogens with one attached hydrogen (secondary N) is 2. The zero-order chi connectivity index (χ0) is 13.2. The minimum atomic E-state index is -0.693. The lowest BCUT2D eigenvalue weighted by Crippen LogP contribution is -2.43. The average molecular weight is 253 g/mol. The van der Waals surface area contributed by atoms with Gasteiger partial charge in [0.1, 0.15) is 5.54 Å². The Morgan fingerprint density at radius 1 is 1.44 bits per heavy atom. The van der Waals surface area contributed by atoms with Gasteiger partial charge in [-0.25, -0.2) is 4.79 Å². The van der Waals surface area contributed by atoms with Crippen molar-refractivity contribution in [2.24, 2.45) is 5.92 Å². The molecule has 102 valence electrons. The Kier molecular flexibility index (Phi) is 3.90. The number of amides is 3. The minimum Gasteiger partial charge on any atom is -0.323 e. The number of piperidine rings is 1. The highest BCUT2D eigenvalue weighted by Gasteiger charge is 2.46. The summed E-state index contributed by atoms with van der Waals surface area (Å²) in [6, 6.07) is -0.229. The van der Waals surface area contributed by atoms with Crippen LogP contribution in [0.1, 0.15) is 39.5 Å². The van der Waals surface area contributed by atoms with E-state index in [4.69, 9.17) is 0 Å². The molecule has 3 amide bonds. The van der Waals surface area contributed by atoms with Gasteiger partial charge in [0.2, 0.25) is 0 Å². The van der Waals surface area contributed by atoms with E-state index in [9.17, 15) is 9.59 Å². The Balaban J connectivity index is 1.89. The van der Waals surface area contributed by atoms with Gasteiger partial charge in [0.15, 0.2) is 0 Å². The topological polar surface area (TPSA) is 61.4 Å². The lowest BCUT2D eigenvalue weighted by atomic mass is 9.95. The van der Waals surface area contributed by atoms with Gasteiger partial charge < -0.3 is 10.6 Å². The van der Waals surface area contributed by atoms with Crippen LogP contribution in [-0.2, 0) is 4.79 Å². The van der Waals surface area contributed by atoms with Crippen LogP contribution in [0.4, 0.5) is 4.79 Å². The molecule has 2 N–H and O–H groups in total. The molecule has 5 nitrogen and oxygen atoms in total. The zero-order valence-electron chi connectivity index (χ0n) is 11.3. The lowest BCUT2D eigenvalue weighted by molar-refractivity contribution is -0.131. The Morgan fingerprint density at radius 2 is 2.22 bits per heavy atom. The second-order valence-corrected chi connectivity index (χ2v) is 5.57. The maximum absolute atomic E-state index is 12.2. The summed E-state index contributed by atoms with van der Waals surface area (Å²) in [4.78, 5) is 25.4. The van der Waals surface area contributed by atoms with Crippen molar-refractivity contribution >= 4 is 11.9 Å². The summed E-state index contributed by atoms with van der Waals surface area (Å²) in [6.07, 6.45) is 3.93. The summed E-state index contributed by atoms with van der Waals surface area (Å²) in [5.41, 5.74) is -0.693. The first-order valence-electron chi connectivity index (χ1n) is 6.91. The van der Waals surface area contributed by atoms with Crippen molar-refractivity contribution in [1.82, 2.24) is 15.5 Å². The van der Waals surface area contributed by atoms with Crippen LogP contribution in [0.15, 0.2) is 0 Å². The molecule has 18 heavy (non-hydrogen) atoms. The molecule has 2 unspecified atom stereocenters. The second-order valence-electron chi connectivity index (χ2n) is 5.57. The van der Waals surface area contributed by atoms with Crippen molar-refractivity contribution < 1.29 is 9.59 Å². The molecule has 0 aromatic rings. The highest BCUT2D eigenvalue weighted by atomic mass is 16.2. The van der Waals surface area contributed by atoms with E-state index in [1.54, 1.807) is 6.92 Å². The lowest BCUT2D eigenvalue weighted by Gasteiger charge is -2.24. The van der Waals surface area contributed by atoms with Gasteiger partial charge in [0.25, 0.3) is 5.91 Å². The summed E-state index contributed by atoms with van der Waals surface area (Å²) >= 11 is 0. The third-order valence-electron chi connectivity index (χ3n) is 4.21. The number of carbonyl (C=O) groups excluding carboxylic acids is 2. The van der Waals surface area contributed by atoms with Gasteiger partial charge in [-0.05, 0) is 51.6 Å². The summed E-state index contributed by atoms with van der Waals surface area (Å²) in [5.74, 6) is 0.520. The number of rotatable bonds is 4. The van der Waals surface area contributed by atoms with E-state index in [1.165, 1.54) is 17.7 Å². The predicted molar refractivity (Wildman–Crippen MR) is 69.2 cm³/mol. The number of hydrogen-bond donors (Lipinski definition) is 2. The van der Waals surface area contributed by atoms with Crippen LogP contribution in [0, 0.1) is 5.92 Å². The van der Waals surface area contributed by atoms with Crippen LogP contribution in [-0.4, -0.2) is 42.0 Å². The van der Waals surface area contributed by atoms with E-state index < -0.39 is 5.54 Å². The molecule has 0 saturated carbocycles. The van der Waals surface area contributed by atoms with Gasteiger partial charge in [-0.2, -0.15) is 0 Å². The highest BCUT2D eigenvalue weighted by molar-refractivity contribution is 6.06. The molecule has 2 aliphatic rings. The molecule has 0 aromatic carbocycles. The SMILES string of the molecule is CCC1(C)NC(=O)N(CCC2CCCNC2)C1=O. The van der Waals surface area contributed by atoms with E-state index >= 15 is 0 Å². The Morgan fingerprint density at radius 3 is 2.78 bits per heavy atom. The molecule has 2 heterocycles. The van der Waals surface area contributed by atoms with Crippen molar-refractivity contribution in [2.75, 3.05) is 19.6 Å². The molecule has 5 heteroatoms. The van der Waals surface area contributed by atoms with Crippen LogP contribution < -0.4 is 10.6 Å². The number of nitrogens with zero attached hydrogens (tertiary/aromatic N) is 1. The largest absolute Gasteiger partial charge is 0.325 e. The molecule has 2 saturated heterocycles. The van der Waals surface area contributed by atoms with E-state index in [1.807, 2.05) is 6.92 Å². The van der Waals surface area contributed by atoms with Crippen LogP contribution in [0.25, 0.3) is 0 Å². The average Bonchev–Trinajstić information content (AvgIpc) is 2.60. The highest BCUT2D eigenvalue weighted by Crippen LogP contribution is 2.22. The molecule has 0 spiro atoms. The minimum absolute atomic E-state index is 0.0706. The molecular weight excluding hydrogens is 230 g/mol. The molecule has 0 bridgehead atoms. The normalized spacial score (nSPS) is 32.8. The monoisotopic (exact) mass is 253 g/mol. The fraction of sp³-hybridized carbons (Fsp3) is 0.846. The first-order chi connectivity index (χ1) is 8.57. The van der Waals surface area contributed by atoms with Crippen molar-refractivity contribution in [1.29, 1.82) is 0 Å². The van der Waals surface area contributed by atoms with Crippen LogP contribution in [0.3, 0.4) is 0 Å². The third kappa shape index (κ3) is 2.51. The van der Waals surface area contributed by atoms with Gasteiger partial charge in [0, 0.05) is 6.54 Å². The van der Waals surface area contributed by atoms with Crippen molar-refractivity contribution in [2.45, 2.75) is 45.1 Å². The van der Waals surface area contributed by atoms with Crippen molar-refractivity contribution in [3.05, 3.63) is 0 Å². The maximum atomic E-state index is 12.2. The van der Waals surface area contributed by atoms with Crippen LogP contribution >= 0.6 is 0 Å². The number of hydrogen-bond acceptors (Lipinski definition) is 3. The standard InChI is InChI=1S/C13H23N3O2/c1-3-13(2)11(17)16(12(18)15-13)8-6-10-5-4-7-14-9-10/h10,14H,3-9H2,1-2H3,(H,15,18). The smallest absolute Gasteiger partial charge is 0.323 e. The summed E-state index contributed by atoms with van der Waals surface area (Å²) < 4.78 is 0. The van der Waals surface area contributed by atoms with E-state index in [0.717, 1.165) is 19.5 Å². The van der Waals surface area contributed by atoms with Gasteiger partial charge >= 0.3 is 6.03 Å². The van der Waals surface area contributed by atoms with E-state index in [2.05, 4.69) is 10.6 Å². The number of urea groups is 1. The van der Waals surface area contributed by atoms with Crippen LogP contribution in [0.2, 0.25) is 0 Å². The first-order valence-corrected chi connectivity index (χ1v) is 6.91. The fourth-order valence-corrected chi connectivity index (χ4v) is 2.67. The van der Waals surface area contributed by atoms with Gasteiger partial charge in [0.05, 0.1) is 0 Å². The predicted octanol–water partition coefficient (Wildman–Crippen LogP) is 1.10. The molecule has 2 aliphatic heterocycles. The molecule has 2 fully saturated rings. The molecule has 2 rings (SSSR count). The quantitative estimate of drug-likeness (QED) is 0.737. The molecule has 0 radical (unpaired) electrons. The summed E-state index contributed by atoms with van der Waals surface area (Å²) in [5, 5.41) is 6.15. The summed E-state index contributed by atoms with van der Waals surface area (Å²) in [6.45, 7) is 6.37. The summed E-state index contributed by atoms with van der Waals surface area (Å²) in [7, 11) is 0. The van der Waals surface area contributed by atoms with Crippen molar-refractivity contribution in [3.63, 3.8) is 0 Å². The third-order valence-corrected chi connectivity index (χ3v) is 4.21. The van der Waals surface area contributed by atoms with Crippen molar-refractivity contribution in [3.8, 4) is 0 Å². The molecule has 0 aromatic heterocycles. The van der Waals surface area contributed by atoms with Gasteiger partial charge in [-0.3, -0.25) is 9.69 Å². The second kappa shape index (κ2) is 5.26. The number of carbonyl (C=O) groups is 2. The number of imide groups is 1. The van der Waals surface area contributed by atoms with E-state index in [0.29, 0.717) is 18.9 Å². The zero-order valence-corrected chi connectivity index (χ0v) is 11.3.